The molecule has 3 nitrogen and oxygen atoms in total. The summed E-state index contributed by atoms with van der Waals surface area (Å²) in [6, 6.07) is 13.3. The highest BCUT2D eigenvalue weighted by molar-refractivity contribution is 6.89. The van der Waals surface area contributed by atoms with Crippen LogP contribution >= 0.6 is 0 Å². The van der Waals surface area contributed by atoms with Crippen LogP contribution in [-0.4, -0.2) is 19.0 Å². The zero-order valence-corrected chi connectivity index (χ0v) is 12.5. The number of benzene rings is 1. The van der Waals surface area contributed by atoms with Crippen molar-refractivity contribution in [3.05, 3.63) is 54.2 Å². The maximum atomic E-state index is 12.4. The van der Waals surface area contributed by atoms with Crippen LogP contribution in [0.3, 0.4) is 0 Å². The summed E-state index contributed by atoms with van der Waals surface area (Å²) in [4.78, 5) is 16.5. The van der Waals surface area contributed by atoms with Gasteiger partial charge in [-0.2, -0.15) is 0 Å². The van der Waals surface area contributed by atoms with Crippen LogP contribution in [0.4, 0.5) is 5.82 Å². The van der Waals surface area contributed by atoms with E-state index in [1.54, 1.807) is 12.3 Å². The smallest absolute Gasteiger partial charge is 0.256 e. The topological polar surface area (TPSA) is 42.0 Å². The van der Waals surface area contributed by atoms with E-state index in [0.717, 1.165) is 5.56 Å². The molecule has 1 aromatic carbocycles. The Morgan fingerprint density at radius 3 is 2.37 bits per heavy atom. The summed E-state index contributed by atoms with van der Waals surface area (Å²) in [5, 5.41) is 4.01. The molecule has 0 aliphatic carbocycles. The standard InChI is InChI=1S/C15H18N2OSi/c1-19(2,3)13-9-5-4-8-12(13)15(18)17-14-10-6-7-11-16-14/h4-11H,1-3H3,(H,16,17,18). The molecule has 0 spiro atoms. The number of amides is 1. The first-order chi connectivity index (χ1) is 8.98. The third kappa shape index (κ3) is 3.29. The van der Waals surface area contributed by atoms with Crippen LogP contribution < -0.4 is 10.5 Å². The number of nitrogens with zero attached hydrogens (tertiary/aromatic N) is 1. The van der Waals surface area contributed by atoms with Crippen LogP contribution in [0.15, 0.2) is 48.7 Å². The molecule has 2 rings (SSSR count). The molecule has 0 bridgehead atoms. The summed E-state index contributed by atoms with van der Waals surface area (Å²) in [7, 11) is -1.54. The van der Waals surface area contributed by atoms with Crippen LogP contribution in [0.5, 0.6) is 0 Å². The van der Waals surface area contributed by atoms with Gasteiger partial charge in [-0.1, -0.05) is 43.9 Å². The fraction of sp³-hybridized carbons (Fsp3) is 0.200. The molecular formula is C15H18N2OSi. The van der Waals surface area contributed by atoms with Crippen LogP contribution in [0, 0.1) is 0 Å². The van der Waals surface area contributed by atoms with Gasteiger partial charge in [0.2, 0.25) is 0 Å². The molecule has 0 fully saturated rings. The lowest BCUT2D eigenvalue weighted by Gasteiger charge is -2.20. The summed E-state index contributed by atoms with van der Waals surface area (Å²) in [5.74, 6) is 0.495. The second-order valence-corrected chi connectivity index (χ2v) is 10.5. The molecule has 0 unspecified atom stereocenters. The fourth-order valence-electron chi connectivity index (χ4n) is 1.96. The van der Waals surface area contributed by atoms with Gasteiger partial charge in [0.1, 0.15) is 5.82 Å². The number of nitrogens with one attached hydrogen (secondary N) is 1. The lowest BCUT2D eigenvalue weighted by Crippen LogP contribution is -2.42. The van der Waals surface area contributed by atoms with Gasteiger partial charge in [-0.05, 0) is 23.4 Å². The molecule has 19 heavy (non-hydrogen) atoms. The highest BCUT2D eigenvalue weighted by Crippen LogP contribution is 2.09. The Morgan fingerprint density at radius 2 is 1.74 bits per heavy atom. The van der Waals surface area contributed by atoms with Crippen LogP contribution in [-0.2, 0) is 0 Å². The summed E-state index contributed by atoms with van der Waals surface area (Å²) in [6.07, 6.45) is 1.67. The molecule has 1 aromatic heterocycles. The molecule has 0 radical (unpaired) electrons. The van der Waals surface area contributed by atoms with Gasteiger partial charge in [0, 0.05) is 11.8 Å². The van der Waals surface area contributed by atoms with E-state index in [9.17, 15) is 4.79 Å². The van der Waals surface area contributed by atoms with Crippen molar-refractivity contribution in [2.45, 2.75) is 19.6 Å². The van der Waals surface area contributed by atoms with Crippen molar-refractivity contribution in [3.63, 3.8) is 0 Å². The van der Waals surface area contributed by atoms with E-state index in [1.165, 1.54) is 5.19 Å². The predicted octanol–water partition coefficient (Wildman–Crippen LogP) is 2.88. The molecule has 98 valence electrons. The van der Waals surface area contributed by atoms with Crippen molar-refractivity contribution in [1.82, 2.24) is 4.98 Å². The highest BCUT2D eigenvalue weighted by Gasteiger charge is 2.22. The van der Waals surface area contributed by atoms with Gasteiger partial charge in [0.25, 0.3) is 5.91 Å². The molecule has 0 atom stereocenters. The summed E-state index contributed by atoms with van der Waals surface area (Å²) >= 11 is 0. The number of carbonyl (C=O) groups excluding carboxylic acids is 1. The van der Waals surface area contributed by atoms with Gasteiger partial charge in [0.15, 0.2) is 0 Å². The summed E-state index contributed by atoms with van der Waals surface area (Å²) < 4.78 is 0. The summed E-state index contributed by atoms with van der Waals surface area (Å²) in [6.45, 7) is 6.71. The minimum Gasteiger partial charge on any atom is -0.307 e. The molecule has 0 saturated carbocycles. The Bertz CT molecular complexity index is 576. The summed E-state index contributed by atoms with van der Waals surface area (Å²) in [5.41, 5.74) is 0.757. The van der Waals surface area contributed by atoms with Crippen molar-refractivity contribution in [2.75, 3.05) is 5.32 Å². The van der Waals surface area contributed by atoms with E-state index in [4.69, 9.17) is 0 Å². The third-order valence-corrected chi connectivity index (χ3v) is 4.94. The third-order valence-electron chi connectivity index (χ3n) is 2.89. The van der Waals surface area contributed by atoms with Crippen LogP contribution in [0.2, 0.25) is 19.6 Å². The molecule has 4 heteroatoms. The molecule has 2 aromatic rings. The van der Waals surface area contributed by atoms with Crippen molar-refractivity contribution in [1.29, 1.82) is 0 Å². The molecule has 1 N–H and O–H groups in total. The monoisotopic (exact) mass is 270 g/mol. The van der Waals surface area contributed by atoms with Crippen LogP contribution in [0.25, 0.3) is 0 Å². The maximum Gasteiger partial charge on any atom is 0.256 e. The molecule has 1 heterocycles. The quantitative estimate of drug-likeness (QED) is 0.871. The molecular weight excluding hydrogens is 252 g/mol. The molecule has 0 saturated heterocycles. The van der Waals surface area contributed by atoms with Gasteiger partial charge in [-0.3, -0.25) is 4.79 Å². The molecule has 0 aliphatic heterocycles. The maximum absolute atomic E-state index is 12.4. The van der Waals surface area contributed by atoms with E-state index in [0.29, 0.717) is 5.82 Å². The van der Waals surface area contributed by atoms with Crippen molar-refractivity contribution in [3.8, 4) is 0 Å². The van der Waals surface area contributed by atoms with Crippen molar-refractivity contribution >= 4 is 25.0 Å². The zero-order chi connectivity index (χ0) is 13.9. The first-order valence-corrected chi connectivity index (χ1v) is 9.80. The fourth-order valence-corrected chi connectivity index (χ4v) is 3.56. The van der Waals surface area contributed by atoms with E-state index < -0.39 is 8.07 Å². The zero-order valence-electron chi connectivity index (χ0n) is 11.5. The Kier molecular flexibility index (Phi) is 3.81. The normalized spacial score (nSPS) is 11.1. The number of anilines is 1. The number of hydrogen-bond donors (Lipinski definition) is 1. The van der Waals surface area contributed by atoms with E-state index >= 15 is 0 Å². The highest BCUT2D eigenvalue weighted by atomic mass is 28.3. The minimum atomic E-state index is -1.54. The van der Waals surface area contributed by atoms with Crippen molar-refractivity contribution in [2.24, 2.45) is 0 Å². The Balaban J connectivity index is 2.30. The average Bonchev–Trinajstić information content (AvgIpc) is 2.39. The van der Waals surface area contributed by atoms with Crippen molar-refractivity contribution < 1.29 is 4.79 Å². The van der Waals surface area contributed by atoms with Gasteiger partial charge >= 0.3 is 0 Å². The lowest BCUT2D eigenvalue weighted by atomic mass is 10.2. The first kappa shape index (κ1) is 13.5. The average molecular weight is 270 g/mol. The van der Waals surface area contributed by atoms with E-state index in [2.05, 4.69) is 36.0 Å². The largest absolute Gasteiger partial charge is 0.307 e. The second kappa shape index (κ2) is 5.36. The minimum absolute atomic E-state index is 0.0864. The van der Waals surface area contributed by atoms with Gasteiger partial charge < -0.3 is 5.32 Å². The SMILES string of the molecule is C[Si](C)(C)c1ccccc1C(=O)Nc1ccccn1. The van der Waals surface area contributed by atoms with E-state index in [1.807, 2.05) is 30.3 Å². The molecule has 1 amide bonds. The number of hydrogen-bond acceptors (Lipinski definition) is 2. The lowest BCUT2D eigenvalue weighted by molar-refractivity contribution is 0.102. The predicted molar refractivity (Wildman–Crippen MR) is 81.6 cm³/mol. The number of rotatable bonds is 3. The van der Waals surface area contributed by atoms with Gasteiger partial charge in [-0.25, -0.2) is 4.98 Å². The number of carbonyl (C=O) groups is 1. The Labute approximate surface area is 114 Å². The van der Waals surface area contributed by atoms with Gasteiger partial charge in [-0.15, -0.1) is 0 Å². The molecule has 0 aliphatic rings. The van der Waals surface area contributed by atoms with Crippen LogP contribution in [0.1, 0.15) is 10.4 Å². The Morgan fingerprint density at radius 1 is 1.05 bits per heavy atom. The Hall–Kier alpha value is -1.94. The second-order valence-electron chi connectivity index (χ2n) is 5.46. The number of aromatic nitrogens is 1. The van der Waals surface area contributed by atoms with E-state index in [-0.39, 0.29) is 5.91 Å². The van der Waals surface area contributed by atoms with Gasteiger partial charge in [0.05, 0.1) is 8.07 Å². The first-order valence-electron chi connectivity index (χ1n) is 6.30. The number of pyridine rings is 1.